The third-order valence-corrected chi connectivity index (χ3v) is 8.88. The third kappa shape index (κ3) is 4.95. The summed E-state index contributed by atoms with van der Waals surface area (Å²) in [5.41, 5.74) is 2.60. The van der Waals surface area contributed by atoms with E-state index in [2.05, 4.69) is 17.2 Å². The minimum Gasteiger partial charge on any atom is -0.462 e. The summed E-state index contributed by atoms with van der Waals surface area (Å²) in [7, 11) is 0. The average molecular weight is 556 g/mol. The Bertz CT molecular complexity index is 1570. The zero-order chi connectivity index (χ0) is 26.3. The normalized spacial score (nSPS) is 15.0. The first-order valence-electron chi connectivity index (χ1n) is 12.1. The van der Waals surface area contributed by atoms with Crippen LogP contribution in [0, 0.1) is 12.8 Å². The zero-order valence-electron chi connectivity index (χ0n) is 20.7. The molecule has 7 nitrogen and oxygen atoms in total. The van der Waals surface area contributed by atoms with Crippen LogP contribution in [-0.4, -0.2) is 28.0 Å². The lowest BCUT2D eigenvalue weighted by atomic mass is 9.89. The number of nitrogens with zero attached hydrogens (tertiary/aromatic N) is 2. The maximum Gasteiger partial charge on any atom is 0.341 e. The van der Waals surface area contributed by atoms with Crippen LogP contribution in [0.15, 0.2) is 34.4 Å². The van der Waals surface area contributed by atoms with Gasteiger partial charge in [-0.1, -0.05) is 30.7 Å². The van der Waals surface area contributed by atoms with Gasteiger partial charge in [0.1, 0.15) is 27.8 Å². The molecule has 192 valence electrons. The molecule has 1 aliphatic carbocycles. The van der Waals surface area contributed by atoms with Gasteiger partial charge in [0.25, 0.3) is 5.56 Å². The first kappa shape index (κ1) is 25.6. The Hall–Kier alpha value is -3.01. The van der Waals surface area contributed by atoms with Gasteiger partial charge >= 0.3 is 5.97 Å². The molecule has 1 atom stereocenters. The van der Waals surface area contributed by atoms with Gasteiger partial charge in [-0.15, -0.1) is 22.7 Å². The Labute approximate surface area is 227 Å². The minimum atomic E-state index is -0.528. The highest BCUT2D eigenvalue weighted by Crippen LogP contribution is 2.37. The molecule has 0 bridgehead atoms. The van der Waals surface area contributed by atoms with Crippen molar-refractivity contribution in [2.45, 2.75) is 46.6 Å². The number of ether oxygens (including phenoxy) is 1. The lowest BCUT2D eigenvalue weighted by molar-refractivity contribution is -0.116. The van der Waals surface area contributed by atoms with E-state index in [1.165, 1.54) is 20.8 Å². The first-order valence-corrected chi connectivity index (χ1v) is 14.2. The third-order valence-electron chi connectivity index (χ3n) is 6.59. The Balaban J connectivity index is 1.46. The zero-order valence-corrected chi connectivity index (χ0v) is 23.1. The van der Waals surface area contributed by atoms with Gasteiger partial charge in [0, 0.05) is 20.8 Å². The van der Waals surface area contributed by atoms with Crippen LogP contribution in [0.25, 0.3) is 21.3 Å². The van der Waals surface area contributed by atoms with Crippen LogP contribution in [-0.2, 0) is 28.9 Å². The van der Waals surface area contributed by atoms with Crippen LogP contribution >= 0.6 is 34.3 Å². The molecule has 1 N–H and O–H groups in total. The molecule has 10 heteroatoms. The van der Waals surface area contributed by atoms with E-state index in [1.807, 2.05) is 12.1 Å². The maximum absolute atomic E-state index is 13.5. The van der Waals surface area contributed by atoms with Crippen molar-refractivity contribution in [2.75, 3.05) is 11.9 Å². The van der Waals surface area contributed by atoms with Crippen LogP contribution in [0.4, 0.5) is 5.00 Å². The van der Waals surface area contributed by atoms with E-state index in [0.29, 0.717) is 32.7 Å². The van der Waals surface area contributed by atoms with Gasteiger partial charge in [-0.3, -0.25) is 14.2 Å². The standard InChI is InChI=1S/C27H26ClN3O4S2/c1-4-35-27(34)23-19(16-6-8-17(28)9-7-16)13-36-24(23)30-21(32)12-31-15(3)29-25-22(26(31)33)18-10-5-14(2)11-20(18)37-25/h6-9,13-14H,4-5,10-12H2,1-3H3,(H,30,32). The second kappa shape index (κ2) is 10.4. The number of hydrogen-bond acceptors (Lipinski definition) is 7. The van der Waals surface area contributed by atoms with E-state index in [4.69, 9.17) is 16.3 Å². The highest BCUT2D eigenvalue weighted by molar-refractivity contribution is 7.18. The molecule has 0 radical (unpaired) electrons. The van der Waals surface area contributed by atoms with Gasteiger partial charge in [-0.05, 0) is 62.3 Å². The number of carbonyl (C=O) groups is 2. The average Bonchev–Trinajstić information content (AvgIpc) is 3.43. The lowest BCUT2D eigenvalue weighted by Gasteiger charge is -2.17. The summed E-state index contributed by atoms with van der Waals surface area (Å²) in [5, 5.41) is 6.22. The smallest absolute Gasteiger partial charge is 0.341 e. The molecular formula is C27H26ClN3O4S2. The lowest BCUT2D eigenvalue weighted by Crippen LogP contribution is -2.30. The van der Waals surface area contributed by atoms with Crippen molar-refractivity contribution in [3.63, 3.8) is 0 Å². The molecule has 0 saturated heterocycles. The molecule has 1 amide bonds. The molecule has 0 saturated carbocycles. The fraction of sp³-hybridized carbons (Fsp3) is 0.333. The number of esters is 1. The summed E-state index contributed by atoms with van der Waals surface area (Å²) in [6, 6.07) is 7.10. The summed E-state index contributed by atoms with van der Waals surface area (Å²) in [6.45, 7) is 5.69. The number of benzene rings is 1. The topological polar surface area (TPSA) is 90.3 Å². The highest BCUT2D eigenvalue weighted by Gasteiger charge is 2.26. The van der Waals surface area contributed by atoms with Gasteiger partial charge in [-0.25, -0.2) is 9.78 Å². The number of carbonyl (C=O) groups excluding carboxylic acids is 2. The Morgan fingerprint density at radius 1 is 1.27 bits per heavy atom. The van der Waals surface area contributed by atoms with E-state index in [1.54, 1.807) is 42.7 Å². The number of aryl methyl sites for hydroxylation is 2. The molecule has 0 aliphatic heterocycles. The maximum atomic E-state index is 13.5. The molecule has 5 rings (SSSR count). The van der Waals surface area contributed by atoms with Crippen LogP contribution in [0.1, 0.15) is 46.9 Å². The molecule has 0 spiro atoms. The first-order chi connectivity index (χ1) is 17.8. The number of nitrogens with one attached hydrogen (secondary N) is 1. The molecule has 4 aromatic rings. The monoisotopic (exact) mass is 555 g/mol. The second-order valence-corrected chi connectivity index (χ2v) is 11.6. The quantitative estimate of drug-likeness (QED) is 0.291. The van der Waals surface area contributed by atoms with E-state index < -0.39 is 11.9 Å². The van der Waals surface area contributed by atoms with Gasteiger partial charge in [0.15, 0.2) is 0 Å². The van der Waals surface area contributed by atoms with Crippen LogP contribution in [0.3, 0.4) is 0 Å². The number of thiophene rings is 2. The van der Waals surface area contributed by atoms with Gasteiger partial charge in [0.05, 0.1) is 12.0 Å². The van der Waals surface area contributed by atoms with Crippen molar-refractivity contribution < 1.29 is 14.3 Å². The van der Waals surface area contributed by atoms with E-state index in [-0.39, 0.29) is 24.3 Å². The number of anilines is 1. The molecule has 0 fully saturated rings. The van der Waals surface area contributed by atoms with Crippen molar-refractivity contribution in [1.82, 2.24) is 9.55 Å². The van der Waals surface area contributed by atoms with Crippen molar-refractivity contribution in [2.24, 2.45) is 5.92 Å². The summed E-state index contributed by atoms with van der Waals surface area (Å²) in [6.07, 6.45) is 2.85. The molecule has 1 unspecified atom stereocenters. The van der Waals surface area contributed by atoms with Crippen molar-refractivity contribution in [1.29, 1.82) is 0 Å². The molecule has 37 heavy (non-hydrogen) atoms. The van der Waals surface area contributed by atoms with E-state index in [0.717, 1.165) is 35.2 Å². The summed E-state index contributed by atoms with van der Waals surface area (Å²) in [5.74, 6) is 0.128. The van der Waals surface area contributed by atoms with E-state index >= 15 is 0 Å². The Morgan fingerprint density at radius 3 is 2.76 bits per heavy atom. The molecule has 1 aromatic carbocycles. The predicted octanol–water partition coefficient (Wildman–Crippen LogP) is 6.09. The molecule has 3 aromatic heterocycles. The molecular weight excluding hydrogens is 530 g/mol. The molecule has 3 heterocycles. The van der Waals surface area contributed by atoms with Gasteiger partial charge in [0.2, 0.25) is 5.91 Å². The Kier molecular flexibility index (Phi) is 7.20. The van der Waals surface area contributed by atoms with Gasteiger partial charge in [-0.2, -0.15) is 0 Å². The Morgan fingerprint density at radius 2 is 2.03 bits per heavy atom. The number of rotatable bonds is 6. The number of amides is 1. The largest absolute Gasteiger partial charge is 0.462 e. The van der Waals surface area contributed by atoms with Crippen molar-refractivity contribution in [3.8, 4) is 11.1 Å². The fourth-order valence-corrected chi connectivity index (χ4v) is 7.24. The van der Waals surface area contributed by atoms with E-state index in [9.17, 15) is 14.4 Å². The van der Waals surface area contributed by atoms with Crippen LogP contribution < -0.4 is 10.9 Å². The van der Waals surface area contributed by atoms with Crippen LogP contribution in [0.2, 0.25) is 5.02 Å². The second-order valence-electron chi connectivity index (χ2n) is 9.21. The molecule has 1 aliphatic rings. The van der Waals surface area contributed by atoms with Crippen molar-refractivity contribution >= 4 is 61.4 Å². The highest BCUT2D eigenvalue weighted by atomic mass is 35.5. The summed E-state index contributed by atoms with van der Waals surface area (Å²) < 4.78 is 6.69. The predicted molar refractivity (Wildman–Crippen MR) is 149 cm³/mol. The summed E-state index contributed by atoms with van der Waals surface area (Å²) >= 11 is 8.85. The number of halogens is 1. The SMILES string of the molecule is CCOC(=O)c1c(-c2ccc(Cl)cc2)csc1NC(=O)Cn1c(C)nc2sc3c(c2c1=O)CCC(C)C3. The number of aromatic nitrogens is 2. The van der Waals surface area contributed by atoms with Gasteiger partial charge < -0.3 is 10.1 Å². The van der Waals surface area contributed by atoms with Crippen LogP contribution in [0.5, 0.6) is 0 Å². The number of fused-ring (bicyclic) bond motifs is 3. The summed E-state index contributed by atoms with van der Waals surface area (Å²) in [4.78, 5) is 46.1. The minimum absolute atomic E-state index is 0.191. The van der Waals surface area contributed by atoms with Crippen molar-refractivity contribution in [3.05, 3.63) is 66.9 Å². The number of hydrogen-bond donors (Lipinski definition) is 1. The fourth-order valence-electron chi connectivity index (χ4n) is 4.72.